The number of hydrogen-bond acceptors (Lipinski definition) is 3. The zero-order chi connectivity index (χ0) is 6.57. The fraction of sp³-hybridized carbons (Fsp3) is 0.400. The largest absolute Gasteiger partial charge is 0.397 e. The summed E-state index contributed by atoms with van der Waals surface area (Å²) in [6.07, 6.45) is 1.76. The van der Waals surface area contributed by atoms with Crippen LogP contribution in [0, 0.1) is 0 Å². The second-order valence-corrected chi connectivity index (χ2v) is 1.46. The standard InChI is InChI=1S/C5H11N3/c1-3-5(6)4(2)8-7/h3H,6-7H2,1-2H3/b5-3+,8-4-. The Bertz CT molecular complexity index is 108. The molecular weight excluding hydrogens is 102 g/mol. The molecule has 0 fully saturated rings. The molecule has 0 aromatic rings. The zero-order valence-electron chi connectivity index (χ0n) is 5.18. The van der Waals surface area contributed by atoms with Gasteiger partial charge in [-0.3, -0.25) is 0 Å². The highest BCUT2D eigenvalue weighted by Gasteiger charge is 1.88. The van der Waals surface area contributed by atoms with Crippen LogP contribution in [0.2, 0.25) is 0 Å². The Balaban J connectivity index is 4.04. The highest BCUT2D eigenvalue weighted by molar-refractivity contribution is 5.96. The molecule has 0 aromatic heterocycles. The summed E-state index contributed by atoms with van der Waals surface area (Å²) in [5.41, 5.74) is 6.68. The average molecular weight is 113 g/mol. The van der Waals surface area contributed by atoms with Crippen LogP contribution < -0.4 is 11.6 Å². The number of nitrogens with zero attached hydrogens (tertiary/aromatic N) is 1. The predicted octanol–water partition coefficient (Wildman–Crippen LogP) is 0.184. The van der Waals surface area contributed by atoms with Gasteiger partial charge in [-0.2, -0.15) is 5.10 Å². The van der Waals surface area contributed by atoms with Crippen LogP contribution in [-0.2, 0) is 0 Å². The van der Waals surface area contributed by atoms with E-state index in [1.807, 2.05) is 6.92 Å². The van der Waals surface area contributed by atoms with Crippen LogP contribution in [0.25, 0.3) is 0 Å². The van der Waals surface area contributed by atoms with Crippen LogP contribution in [0.15, 0.2) is 16.9 Å². The van der Waals surface area contributed by atoms with Gasteiger partial charge in [-0.05, 0) is 13.8 Å². The highest BCUT2D eigenvalue weighted by atomic mass is 15.1. The van der Waals surface area contributed by atoms with Crippen LogP contribution >= 0.6 is 0 Å². The molecule has 3 nitrogen and oxygen atoms in total. The van der Waals surface area contributed by atoms with Gasteiger partial charge in [0.15, 0.2) is 0 Å². The Morgan fingerprint density at radius 3 is 2.25 bits per heavy atom. The quantitative estimate of drug-likeness (QED) is 0.289. The molecule has 0 saturated heterocycles. The summed E-state index contributed by atoms with van der Waals surface area (Å²) in [5.74, 6) is 4.92. The van der Waals surface area contributed by atoms with Crippen LogP contribution in [-0.4, -0.2) is 5.71 Å². The maximum atomic E-state index is 5.38. The first-order chi connectivity index (χ1) is 3.72. The third-order valence-corrected chi connectivity index (χ3v) is 0.922. The molecule has 0 unspecified atom stereocenters. The normalized spacial score (nSPS) is 14.2. The third-order valence-electron chi connectivity index (χ3n) is 0.922. The number of rotatable bonds is 1. The molecule has 3 heteroatoms. The molecule has 0 aromatic carbocycles. The first-order valence-corrected chi connectivity index (χ1v) is 2.39. The van der Waals surface area contributed by atoms with Gasteiger partial charge in [-0.1, -0.05) is 6.08 Å². The van der Waals surface area contributed by atoms with E-state index >= 15 is 0 Å². The van der Waals surface area contributed by atoms with Crippen molar-refractivity contribution in [2.45, 2.75) is 13.8 Å². The molecule has 0 heterocycles. The van der Waals surface area contributed by atoms with E-state index in [4.69, 9.17) is 11.6 Å². The Morgan fingerprint density at radius 1 is 1.62 bits per heavy atom. The third kappa shape index (κ3) is 1.64. The van der Waals surface area contributed by atoms with Crippen molar-refractivity contribution in [3.63, 3.8) is 0 Å². The molecule has 4 N–H and O–H groups in total. The van der Waals surface area contributed by atoms with Crippen molar-refractivity contribution in [1.82, 2.24) is 0 Å². The number of hydrogen-bond donors (Lipinski definition) is 2. The average Bonchev–Trinajstić information content (AvgIpc) is 1.84. The monoisotopic (exact) mass is 113 g/mol. The first-order valence-electron chi connectivity index (χ1n) is 2.39. The van der Waals surface area contributed by atoms with Gasteiger partial charge in [0.05, 0.1) is 11.4 Å². The summed E-state index contributed by atoms with van der Waals surface area (Å²) in [6, 6.07) is 0. The molecule has 46 valence electrons. The fourth-order valence-electron chi connectivity index (χ4n) is 0.283. The van der Waals surface area contributed by atoms with Crippen LogP contribution in [0.1, 0.15) is 13.8 Å². The summed E-state index contributed by atoms with van der Waals surface area (Å²) in [7, 11) is 0. The predicted molar refractivity (Wildman–Crippen MR) is 35.2 cm³/mol. The Morgan fingerprint density at radius 2 is 2.12 bits per heavy atom. The van der Waals surface area contributed by atoms with E-state index in [0.29, 0.717) is 11.4 Å². The van der Waals surface area contributed by atoms with E-state index in [-0.39, 0.29) is 0 Å². The minimum absolute atomic E-state index is 0.632. The topological polar surface area (TPSA) is 64.4 Å². The number of nitrogens with two attached hydrogens (primary N) is 2. The Labute approximate surface area is 49.1 Å². The minimum atomic E-state index is 0.632. The van der Waals surface area contributed by atoms with Gasteiger partial charge in [0.1, 0.15) is 0 Å². The maximum Gasteiger partial charge on any atom is 0.0794 e. The van der Waals surface area contributed by atoms with Gasteiger partial charge >= 0.3 is 0 Å². The lowest BCUT2D eigenvalue weighted by atomic mass is 10.3. The summed E-state index contributed by atoms with van der Waals surface area (Å²) in [6.45, 7) is 3.60. The second-order valence-electron chi connectivity index (χ2n) is 1.46. The lowest BCUT2D eigenvalue weighted by Crippen LogP contribution is -2.08. The SMILES string of the molecule is C/C=C(N)\C(C)=N/N. The van der Waals surface area contributed by atoms with Crippen LogP contribution in [0.3, 0.4) is 0 Å². The second kappa shape index (κ2) is 3.07. The molecule has 0 spiro atoms. The maximum absolute atomic E-state index is 5.38. The van der Waals surface area contributed by atoms with E-state index in [2.05, 4.69) is 5.10 Å². The molecule has 0 saturated carbocycles. The molecule has 0 aliphatic rings. The van der Waals surface area contributed by atoms with E-state index in [9.17, 15) is 0 Å². The zero-order valence-corrected chi connectivity index (χ0v) is 5.18. The molecule has 8 heavy (non-hydrogen) atoms. The van der Waals surface area contributed by atoms with Crippen molar-refractivity contribution < 1.29 is 0 Å². The van der Waals surface area contributed by atoms with E-state index in [1.165, 1.54) is 0 Å². The number of allylic oxidation sites excluding steroid dienone is 2. The Hall–Kier alpha value is -0.990. The van der Waals surface area contributed by atoms with Gasteiger partial charge in [-0.25, -0.2) is 0 Å². The fourth-order valence-corrected chi connectivity index (χ4v) is 0.283. The Kier molecular flexibility index (Phi) is 2.69. The molecule has 0 rings (SSSR count). The smallest absolute Gasteiger partial charge is 0.0794 e. The van der Waals surface area contributed by atoms with Crippen molar-refractivity contribution in [1.29, 1.82) is 0 Å². The summed E-state index contributed by atoms with van der Waals surface area (Å²) in [4.78, 5) is 0. The lowest BCUT2D eigenvalue weighted by molar-refractivity contribution is 1.22. The molecule has 0 bridgehead atoms. The van der Waals surface area contributed by atoms with E-state index in [1.54, 1.807) is 13.0 Å². The molecule has 0 amide bonds. The summed E-state index contributed by atoms with van der Waals surface area (Å²) in [5, 5.41) is 3.38. The molecule has 0 aliphatic heterocycles. The van der Waals surface area contributed by atoms with Crippen molar-refractivity contribution in [2.75, 3.05) is 0 Å². The van der Waals surface area contributed by atoms with E-state index in [0.717, 1.165) is 0 Å². The van der Waals surface area contributed by atoms with Gasteiger partial charge in [-0.15, -0.1) is 0 Å². The molecule has 0 radical (unpaired) electrons. The molecule has 0 atom stereocenters. The van der Waals surface area contributed by atoms with Crippen molar-refractivity contribution in [2.24, 2.45) is 16.7 Å². The summed E-state index contributed by atoms with van der Waals surface area (Å²) < 4.78 is 0. The van der Waals surface area contributed by atoms with Crippen LogP contribution in [0.4, 0.5) is 0 Å². The van der Waals surface area contributed by atoms with E-state index < -0.39 is 0 Å². The van der Waals surface area contributed by atoms with Crippen LogP contribution in [0.5, 0.6) is 0 Å². The molecular formula is C5H11N3. The van der Waals surface area contributed by atoms with Crippen molar-refractivity contribution >= 4 is 5.71 Å². The van der Waals surface area contributed by atoms with Gasteiger partial charge in [0.25, 0.3) is 0 Å². The first kappa shape index (κ1) is 7.01. The van der Waals surface area contributed by atoms with Gasteiger partial charge in [0.2, 0.25) is 0 Å². The van der Waals surface area contributed by atoms with Crippen molar-refractivity contribution in [3.05, 3.63) is 11.8 Å². The number of hydrazone groups is 1. The summed E-state index contributed by atoms with van der Waals surface area (Å²) >= 11 is 0. The van der Waals surface area contributed by atoms with Crippen molar-refractivity contribution in [3.8, 4) is 0 Å². The lowest BCUT2D eigenvalue weighted by Gasteiger charge is -1.93. The minimum Gasteiger partial charge on any atom is -0.397 e. The van der Waals surface area contributed by atoms with Gasteiger partial charge < -0.3 is 11.6 Å². The molecule has 0 aliphatic carbocycles. The highest BCUT2D eigenvalue weighted by Crippen LogP contribution is 1.84. The van der Waals surface area contributed by atoms with Gasteiger partial charge in [0, 0.05) is 0 Å².